The molecule has 0 saturated heterocycles. The molecule has 0 atom stereocenters. The fourth-order valence-electron chi connectivity index (χ4n) is 4.13. The zero-order chi connectivity index (χ0) is 24.7. The molecule has 0 aliphatic rings. The normalized spacial score (nSPS) is 11.1. The van der Waals surface area contributed by atoms with Crippen LogP contribution in [0.25, 0.3) is 10.9 Å². The number of rotatable bonds is 11. The van der Waals surface area contributed by atoms with E-state index in [9.17, 15) is 4.79 Å². The minimum absolute atomic E-state index is 0.293. The summed E-state index contributed by atoms with van der Waals surface area (Å²) in [6.07, 6.45) is 3.29. The van der Waals surface area contributed by atoms with E-state index in [0.29, 0.717) is 29.1 Å². The summed E-state index contributed by atoms with van der Waals surface area (Å²) in [6, 6.07) is 14.1. The number of fused-ring (bicyclic) bond motifs is 1. The molecule has 0 spiro atoms. The average molecular weight is 462 g/mol. The van der Waals surface area contributed by atoms with Crippen LogP contribution in [0.3, 0.4) is 0 Å². The lowest BCUT2D eigenvalue weighted by atomic mass is 10.1. The predicted molar refractivity (Wildman–Crippen MR) is 141 cm³/mol. The highest BCUT2D eigenvalue weighted by molar-refractivity contribution is 6.04. The number of carbonyl (C=O) groups is 1. The van der Waals surface area contributed by atoms with E-state index < -0.39 is 5.97 Å². The second kappa shape index (κ2) is 11.6. The Bertz CT molecular complexity index is 1140. The topological polar surface area (TPSA) is 84.0 Å². The van der Waals surface area contributed by atoms with E-state index in [4.69, 9.17) is 10.5 Å². The van der Waals surface area contributed by atoms with Crippen LogP contribution in [0.5, 0.6) is 0 Å². The largest absolute Gasteiger partial charge is 0.465 e. The SMILES string of the molecule is C=Nc1c(N)nc2cc(C(=O)OC)ccc2c1N(CCCCC)Cc1ccc(CN(C)C)cc1. The van der Waals surface area contributed by atoms with E-state index in [-0.39, 0.29) is 0 Å². The number of unbranched alkanes of at least 4 members (excludes halogenated alkanes) is 2. The van der Waals surface area contributed by atoms with Crippen molar-refractivity contribution in [2.75, 3.05) is 38.4 Å². The van der Waals surface area contributed by atoms with Gasteiger partial charge in [0.25, 0.3) is 0 Å². The summed E-state index contributed by atoms with van der Waals surface area (Å²) in [4.78, 5) is 25.3. The first-order valence-electron chi connectivity index (χ1n) is 11.6. The number of nitrogens with two attached hydrogens (primary N) is 1. The number of carbonyl (C=O) groups excluding carboxylic acids is 1. The van der Waals surface area contributed by atoms with Crippen molar-refractivity contribution in [2.24, 2.45) is 4.99 Å². The summed E-state index contributed by atoms with van der Waals surface area (Å²) in [6.45, 7) is 8.40. The number of anilines is 2. The van der Waals surface area contributed by atoms with Crippen molar-refractivity contribution in [1.29, 1.82) is 0 Å². The molecule has 3 rings (SSSR count). The number of aliphatic imine (C=N–C) groups is 1. The summed E-state index contributed by atoms with van der Waals surface area (Å²) in [7, 11) is 5.50. The zero-order valence-corrected chi connectivity index (χ0v) is 20.7. The summed E-state index contributed by atoms with van der Waals surface area (Å²) < 4.78 is 4.88. The van der Waals surface area contributed by atoms with Crippen LogP contribution in [-0.2, 0) is 17.8 Å². The van der Waals surface area contributed by atoms with Gasteiger partial charge in [0.1, 0.15) is 5.69 Å². The number of pyridine rings is 1. The molecule has 2 N–H and O–H groups in total. The van der Waals surface area contributed by atoms with E-state index in [0.717, 1.165) is 43.4 Å². The minimum Gasteiger partial charge on any atom is -0.465 e. The van der Waals surface area contributed by atoms with Gasteiger partial charge in [-0.25, -0.2) is 9.78 Å². The molecule has 7 heteroatoms. The van der Waals surface area contributed by atoms with E-state index in [1.807, 2.05) is 6.07 Å². The third-order valence-corrected chi connectivity index (χ3v) is 5.78. The Morgan fingerprint density at radius 3 is 2.35 bits per heavy atom. The minimum atomic E-state index is -0.410. The molecule has 3 aromatic rings. The number of hydrogen-bond donors (Lipinski definition) is 1. The summed E-state index contributed by atoms with van der Waals surface area (Å²) >= 11 is 0. The second-order valence-electron chi connectivity index (χ2n) is 8.76. The fourth-order valence-corrected chi connectivity index (χ4v) is 4.13. The quantitative estimate of drug-likeness (QED) is 0.240. The molecule has 0 unspecified atom stereocenters. The van der Waals surface area contributed by atoms with Crippen molar-refractivity contribution in [2.45, 2.75) is 39.3 Å². The highest BCUT2D eigenvalue weighted by atomic mass is 16.5. The van der Waals surface area contributed by atoms with Crippen LogP contribution in [-0.4, -0.2) is 50.3 Å². The molecule has 0 radical (unpaired) electrons. The summed E-state index contributed by atoms with van der Waals surface area (Å²) in [5.41, 5.74) is 11.3. The summed E-state index contributed by atoms with van der Waals surface area (Å²) in [5.74, 6) is -0.117. The molecule has 0 fully saturated rings. The lowest BCUT2D eigenvalue weighted by Crippen LogP contribution is -2.25. The number of methoxy groups -OCH3 is 1. The maximum absolute atomic E-state index is 12.1. The van der Waals surface area contributed by atoms with E-state index in [2.05, 4.69) is 71.8 Å². The molecule has 0 amide bonds. The molecule has 2 aromatic carbocycles. The number of aromatic nitrogens is 1. The van der Waals surface area contributed by atoms with Crippen molar-refractivity contribution in [1.82, 2.24) is 9.88 Å². The van der Waals surface area contributed by atoms with Gasteiger partial charge in [0.15, 0.2) is 5.82 Å². The van der Waals surface area contributed by atoms with Crippen molar-refractivity contribution in [3.63, 3.8) is 0 Å². The predicted octanol–water partition coefficient (Wildman–Crippen LogP) is 5.19. The van der Waals surface area contributed by atoms with Gasteiger partial charge in [-0.05, 0) is 56.6 Å². The molecule has 7 nitrogen and oxygen atoms in total. The molecular weight excluding hydrogens is 426 g/mol. The van der Waals surface area contributed by atoms with Gasteiger partial charge in [-0.2, -0.15) is 0 Å². The number of benzene rings is 2. The molecule has 0 saturated carbocycles. The van der Waals surface area contributed by atoms with Crippen molar-refractivity contribution >= 4 is 40.8 Å². The third kappa shape index (κ3) is 5.91. The van der Waals surface area contributed by atoms with Crippen LogP contribution < -0.4 is 10.6 Å². The monoisotopic (exact) mass is 461 g/mol. The Morgan fingerprint density at radius 2 is 1.76 bits per heavy atom. The molecule has 1 aromatic heterocycles. The lowest BCUT2D eigenvalue weighted by molar-refractivity contribution is 0.0601. The van der Waals surface area contributed by atoms with E-state index >= 15 is 0 Å². The smallest absolute Gasteiger partial charge is 0.337 e. The van der Waals surface area contributed by atoms with Crippen LogP contribution in [0.15, 0.2) is 47.5 Å². The van der Waals surface area contributed by atoms with Gasteiger partial charge in [0.05, 0.1) is 23.9 Å². The maximum atomic E-state index is 12.1. The lowest BCUT2D eigenvalue weighted by Gasteiger charge is -2.28. The highest BCUT2D eigenvalue weighted by Crippen LogP contribution is 2.40. The number of esters is 1. The van der Waals surface area contributed by atoms with Gasteiger partial charge >= 0.3 is 5.97 Å². The Kier molecular flexibility index (Phi) is 8.60. The fraction of sp³-hybridized carbons (Fsp3) is 0.370. The van der Waals surface area contributed by atoms with Crippen LogP contribution in [0, 0.1) is 0 Å². The molecule has 180 valence electrons. The molecule has 1 heterocycles. The van der Waals surface area contributed by atoms with Gasteiger partial charge in [-0.1, -0.05) is 44.0 Å². The standard InChI is InChI=1S/C27H35N5O2/c1-6-7-8-15-32(18-20-11-9-19(10-12-20)17-31(3)4)25-22-14-13-21(27(33)34-5)16-23(22)30-26(28)24(25)29-2/h9-14,16H,2,6-8,15,17-18H2,1,3-5H3,(H2,28,30). The van der Waals surface area contributed by atoms with Crippen molar-refractivity contribution < 1.29 is 9.53 Å². The Morgan fingerprint density at radius 1 is 1.09 bits per heavy atom. The first kappa shape index (κ1) is 25.2. The van der Waals surface area contributed by atoms with Crippen molar-refractivity contribution in [3.8, 4) is 0 Å². The third-order valence-electron chi connectivity index (χ3n) is 5.78. The Labute approximate surface area is 202 Å². The van der Waals surface area contributed by atoms with E-state index in [1.54, 1.807) is 12.1 Å². The first-order chi connectivity index (χ1) is 16.4. The van der Waals surface area contributed by atoms with Gasteiger partial charge in [0, 0.05) is 25.0 Å². The van der Waals surface area contributed by atoms with Crippen LogP contribution >= 0.6 is 0 Å². The van der Waals surface area contributed by atoms with Gasteiger partial charge in [-0.3, -0.25) is 4.99 Å². The van der Waals surface area contributed by atoms with Crippen LogP contribution in [0.1, 0.15) is 47.7 Å². The number of hydrogen-bond acceptors (Lipinski definition) is 7. The van der Waals surface area contributed by atoms with Crippen LogP contribution in [0.2, 0.25) is 0 Å². The molecule has 0 bridgehead atoms. The van der Waals surface area contributed by atoms with Gasteiger partial charge in [0.2, 0.25) is 0 Å². The average Bonchev–Trinajstić information content (AvgIpc) is 2.82. The molecular formula is C27H35N5O2. The number of nitrogen functional groups attached to an aromatic ring is 1. The highest BCUT2D eigenvalue weighted by Gasteiger charge is 2.20. The summed E-state index contributed by atoms with van der Waals surface area (Å²) in [5, 5.41) is 0.880. The molecule has 0 aliphatic heterocycles. The maximum Gasteiger partial charge on any atom is 0.337 e. The first-order valence-corrected chi connectivity index (χ1v) is 11.6. The second-order valence-corrected chi connectivity index (χ2v) is 8.76. The van der Waals surface area contributed by atoms with Crippen molar-refractivity contribution in [3.05, 3.63) is 59.2 Å². The molecule has 34 heavy (non-hydrogen) atoms. The number of nitrogens with zero attached hydrogens (tertiary/aromatic N) is 4. The van der Waals surface area contributed by atoms with Crippen LogP contribution in [0.4, 0.5) is 17.2 Å². The molecule has 0 aliphatic carbocycles. The van der Waals surface area contributed by atoms with E-state index in [1.165, 1.54) is 18.2 Å². The van der Waals surface area contributed by atoms with Gasteiger partial charge < -0.3 is 20.3 Å². The zero-order valence-electron chi connectivity index (χ0n) is 20.7. The Balaban J connectivity index is 2.08. The number of ether oxygens (including phenoxy) is 1. The van der Waals surface area contributed by atoms with Gasteiger partial charge in [-0.15, -0.1) is 0 Å². The Hall–Kier alpha value is -3.45.